The van der Waals surface area contributed by atoms with Crippen molar-refractivity contribution >= 4 is 74.7 Å². The summed E-state index contributed by atoms with van der Waals surface area (Å²) in [7, 11) is 3.22. The molecule has 24 heteroatoms. The molecular formula is C70H79N8O14S2+. The predicted molar refractivity (Wildman–Crippen MR) is 357 cm³/mol. The number of aryl methyl sites for hydroxylation is 1. The lowest BCUT2D eigenvalue weighted by Gasteiger charge is -2.50. The van der Waals surface area contributed by atoms with Crippen molar-refractivity contribution in [1.82, 2.24) is 25.0 Å². The van der Waals surface area contributed by atoms with Crippen LogP contribution in [-0.4, -0.2) is 128 Å². The molecule has 2 atom stereocenters. The average Bonchev–Trinajstić information content (AvgIpc) is 0.807. The van der Waals surface area contributed by atoms with Gasteiger partial charge in [-0.25, -0.2) is 19.4 Å². The Bertz CT molecular complexity index is 4000. The summed E-state index contributed by atoms with van der Waals surface area (Å²) in [6.07, 6.45) is -0.0431. The summed E-state index contributed by atoms with van der Waals surface area (Å²) in [6.45, 7) is 17.5. The van der Waals surface area contributed by atoms with Gasteiger partial charge in [0.15, 0.2) is 34.1 Å². The van der Waals surface area contributed by atoms with Gasteiger partial charge in [0.05, 0.1) is 38.2 Å². The zero-order valence-corrected chi connectivity index (χ0v) is 56.3. The van der Waals surface area contributed by atoms with E-state index < -0.39 is 69.9 Å². The van der Waals surface area contributed by atoms with Gasteiger partial charge >= 0.3 is 18.0 Å². The molecule has 10 rings (SSSR count). The number of aromatic nitrogens is 3. The highest BCUT2D eigenvalue weighted by molar-refractivity contribution is 8.00. The number of likely N-dealkylation sites (tertiary alicyclic amines) is 1. The third kappa shape index (κ3) is 16.0. The molecule has 0 radical (unpaired) electrons. The minimum atomic E-state index is -1.72. The number of amides is 3. The fourth-order valence-corrected chi connectivity index (χ4v) is 13.2. The van der Waals surface area contributed by atoms with Crippen LogP contribution in [0.25, 0.3) is 10.9 Å². The van der Waals surface area contributed by atoms with E-state index in [1.165, 1.54) is 35.9 Å². The van der Waals surface area contributed by atoms with Crippen LogP contribution in [0.5, 0.6) is 23.0 Å². The molecule has 0 saturated carbocycles. The average molecular weight is 1320 g/mol. The number of benzene rings is 5. The lowest BCUT2D eigenvalue weighted by atomic mass is 10.00. The Labute approximate surface area is 554 Å². The smallest absolute Gasteiger partial charge is 0.413 e. The summed E-state index contributed by atoms with van der Waals surface area (Å²) in [5.41, 5.74) is 0.473. The Morgan fingerprint density at radius 1 is 0.745 bits per heavy atom. The van der Waals surface area contributed by atoms with Gasteiger partial charge in [0.2, 0.25) is 11.0 Å². The van der Waals surface area contributed by atoms with Gasteiger partial charge in [0.1, 0.15) is 71.8 Å². The summed E-state index contributed by atoms with van der Waals surface area (Å²) < 4.78 is 43.5. The van der Waals surface area contributed by atoms with Gasteiger partial charge < -0.3 is 47.8 Å². The predicted octanol–water partition coefficient (Wildman–Crippen LogP) is 11.0. The van der Waals surface area contributed by atoms with Crippen LogP contribution in [0, 0.1) is 0 Å². The molecule has 494 valence electrons. The Morgan fingerprint density at radius 3 is 1.87 bits per heavy atom. The number of oxime groups is 1. The number of thiazole rings is 1. The molecule has 2 fully saturated rings. The molecular weight excluding hydrogens is 1240 g/mol. The molecule has 22 nitrogen and oxygen atoms in total. The second-order valence-electron chi connectivity index (χ2n) is 25.6. The van der Waals surface area contributed by atoms with Crippen molar-refractivity contribution in [3.8, 4) is 23.0 Å². The van der Waals surface area contributed by atoms with Crippen LogP contribution in [0.3, 0.4) is 0 Å². The quantitative estimate of drug-likeness (QED) is 0.0143. The summed E-state index contributed by atoms with van der Waals surface area (Å²) >= 11 is 2.33. The lowest BCUT2D eigenvalue weighted by Crippen LogP contribution is -2.71. The van der Waals surface area contributed by atoms with E-state index in [1.807, 2.05) is 116 Å². The van der Waals surface area contributed by atoms with Crippen LogP contribution in [0.15, 0.2) is 148 Å². The second-order valence-corrected chi connectivity index (χ2v) is 27.6. The number of carbonyl (C=O) groups is 5. The Hall–Kier alpha value is -9.26. The molecule has 1 unspecified atom stereocenters. The maximum atomic E-state index is 15.5. The summed E-state index contributed by atoms with van der Waals surface area (Å²) in [6, 6.07) is 36.0. The number of esters is 2. The number of carbonyl (C=O) groups excluding carboxylic acids is 5. The molecule has 3 aliphatic heterocycles. The number of fused-ring (bicyclic) bond motifs is 2. The molecule has 5 aromatic carbocycles. The van der Waals surface area contributed by atoms with E-state index in [2.05, 4.69) is 20.8 Å². The first-order chi connectivity index (χ1) is 44.8. The van der Waals surface area contributed by atoms with Gasteiger partial charge in [-0.2, -0.15) is 5.10 Å². The maximum absolute atomic E-state index is 15.5. The molecule has 2 N–H and O–H groups in total. The van der Waals surface area contributed by atoms with E-state index in [0.717, 1.165) is 35.3 Å². The number of anilines is 1. The van der Waals surface area contributed by atoms with Gasteiger partial charge in [-0.05, 0) is 115 Å². The van der Waals surface area contributed by atoms with Crippen molar-refractivity contribution in [2.45, 2.75) is 136 Å². The van der Waals surface area contributed by atoms with Crippen LogP contribution in [0.2, 0.25) is 0 Å². The number of thioether (sulfide) groups is 1. The number of hydrogen-bond acceptors (Lipinski definition) is 19. The van der Waals surface area contributed by atoms with Crippen molar-refractivity contribution in [3.63, 3.8) is 0 Å². The molecule has 0 aliphatic carbocycles. The van der Waals surface area contributed by atoms with Crippen LogP contribution in [-0.2, 0) is 64.5 Å². The van der Waals surface area contributed by atoms with E-state index in [1.54, 1.807) is 72.6 Å². The van der Waals surface area contributed by atoms with E-state index in [0.29, 0.717) is 80.4 Å². The summed E-state index contributed by atoms with van der Waals surface area (Å²) in [5, 5.41) is 15.7. The first kappa shape index (κ1) is 67.6. The highest BCUT2D eigenvalue weighted by Crippen LogP contribution is 2.44. The van der Waals surface area contributed by atoms with E-state index in [9.17, 15) is 14.4 Å². The Kier molecular flexibility index (Phi) is 20.5. The van der Waals surface area contributed by atoms with Crippen LogP contribution >= 0.6 is 23.1 Å². The fraction of sp³-hybridized carbons (Fsp3) is 0.386. The van der Waals surface area contributed by atoms with Crippen LogP contribution in [0.1, 0.15) is 115 Å². The zero-order chi connectivity index (χ0) is 67.1. The van der Waals surface area contributed by atoms with Gasteiger partial charge in [0.25, 0.3) is 11.8 Å². The third-order valence-electron chi connectivity index (χ3n) is 15.8. The number of nitrogens with zero attached hydrogens (tertiary/aromatic N) is 6. The summed E-state index contributed by atoms with van der Waals surface area (Å²) in [4.78, 5) is 98.4. The molecule has 2 aromatic heterocycles. The Morgan fingerprint density at radius 2 is 1.32 bits per heavy atom. The van der Waals surface area contributed by atoms with Gasteiger partial charge in [0, 0.05) is 42.2 Å². The van der Waals surface area contributed by atoms with E-state index >= 15 is 14.4 Å². The minimum Gasteiger partial charge on any atom is -0.497 e. The largest absolute Gasteiger partial charge is 0.497 e. The third-order valence-corrected chi connectivity index (χ3v) is 17.9. The van der Waals surface area contributed by atoms with Crippen molar-refractivity contribution < 1.29 is 66.5 Å². The first-order valence-electron chi connectivity index (χ1n) is 31.0. The van der Waals surface area contributed by atoms with Crippen molar-refractivity contribution in [1.29, 1.82) is 0 Å². The SMILES string of the molecule is CCn1nc(C[N+]2(CC3=C(C(=O)OC(c4ccccc4)c4ccccc4)N4C(=O)[C@@H](NC(=O)/C(=N\OC(C)(C)C(=O)OC(C)(C)C)c5csc(NC(=O)OC(C)(C)C)n5)C4SC3)CCCC2)c(=O)c2cc(OCc3ccc(OC)cc3)c(OCc3ccc(OC)cc3)cc21. The van der Waals surface area contributed by atoms with Gasteiger partial charge in [-0.1, -0.05) is 90.1 Å². The first-order valence-corrected chi connectivity index (χ1v) is 32.9. The highest BCUT2D eigenvalue weighted by Gasteiger charge is 2.56. The second kappa shape index (κ2) is 28.5. The number of β-lactam (4-membered cyclic amide) rings is 1. The molecule has 2 saturated heterocycles. The normalized spacial score (nSPS) is 16.4. The van der Waals surface area contributed by atoms with Gasteiger partial charge in [-0.15, -0.1) is 23.1 Å². The molecule has 0 bridgehead atoms. The van der Waals surface area contributed by atoms with Crippen molar-refractivity contribution in [3.05, 3.63) is 182 Å². The molecule has 3 amide bonds. The number of rotatable bonds is 24. The zero-order valence-electron chi connectivity index (χ0n) is 54.6. The number of quaternary nitrogens is 1. The summed E-state index contributed by atoms with van der Waals surface area (Å²) in [5.74, 6) is -0.623. The topological polar surface area (TPSA) is 247 Å². The van der Waals surface area contributed by atoms with Crippen molar-refractivity contribution in [2.24, 2.45) is 5.16 Å². The number of ether oxygens (including phenoxy) is 7. The monoisotopic (exact) mass is 1320 g/mol. The molecule has 0 spiro atoms. The van der Waals surface area contributed by atoms with Crippen LogP contribution < -0.4 is 35.0 Å². The highest BCUT2D eigenvalue weighted by atomic mass is 32.2. The van der Waals surface area contributed by atoms with Crippen LogP contribution in [0.4, 0.5) is 9.93 Å². The number of hydrogen-bond donors (Lipinski definition) is 2. The van der Waals surface area contributed by atoms with Gasteiger partial charge in [-0.3, -0.25) is 29.3 Å². The molecule has 7 aromatic rings. The standard InChI is InChI=1S/C70H78N8O14S2/c1-12-76-53-36-55(88-40-44-27-31-49(86-11)32-28-44)54(87-39-43-25-29-48(85-10)30-26-43)35-50(53)59(79)51(74-76)38-78(33-19-20-34-78)37-47-41-93-63-57(62(81)77(63)58(47)64(82)89-60(45-21-15-13-16-22-45)46-23-17-14-18-24-46)72-61(80)56(75-92-70(8,9)65(83)90-68(2,3)4)52-42-94-66(71-52)73-67(84)91-69(5,6)7/h13-18,21-32,35-36,42,57,60,63H,12,19-20,33-34,37-41H2,1-11H3,(H-,71,72,73,80,84)/p+1/b75-56-/t57-,63?/m1/s1. The fourth-order valence-electron chi connectivity index (χ4n) is 11.2. The maximum Gasteiger partial charge on any atom is 0.413 e. The Balaban J connectivity index is 0.992. The molecule has 94 heavy (non-hydrogen) atoms. The van der Waals surface area contributed by atoms with E-state index in [-0.39, 0.29) is 54.0 Å². The lowest BCUT2D eigenvalue weighted by molar-refractivity contribution is -0.925. The number of nitrogens with one attached hydrogen (secondary N) is 2. The van der Waals surface area contributed by atoms with Crippen molar-refractivity contribution in [2.75, 3.05) is 44.9 Å². The molecule has 3 aliphatic rings. The molecule has 5 heterocycles. The van der Waals surface area contributed by atoms with E-state index in [4.69, 9.17) is 43.1 Å². The number of methoxy groups -OCH3 is 2. The minimum absolute atomic E-state index is 0.0347.